The van der Waals surface area contributed by atoms with E-state index in [9.17, 15) is 14.0 Å². The number of carbonyl (C=O) groups is 2. The van der Waals surface area contributed by atoms with Crippen LogP contribution in [0.3, 0.4) is 0 Å². The minimum absolute atomic E-state index is 0.0394. The van der Waals surface area contributed by atoms with Crippen LogP contribution >= 0.6 is 22.6 Å². The Kier molecular flexibility index (Phi) is 4.91. The fourth-order valence-corrected chi connectivity index (χ4v) is 2.46. The van der Waals surface area contributed by atoms with E-state index in [-0.39, 0.29) is 11.6 Å². The second-order valence-corrected chi connectivity index (χ2v) is 5.47. The Balaban J connectivity index is 2.23. The van der Waals surface area contributed by atoms with Gasteiger partial charge in [-0.05, 0) is 46.9 Å². The van der Waals surface area contributed by atoms with E-state index in [0.717, 1.165) is 12.1 Å². The first-order valence-electron chi connectivity index (χ1n) is 6.14. The summed E-state index contributed by atoms with van der Waals surface area (Å²) in [6.45, 7) is 3.30. The van der Waals surface area contributed by atoms with Gasteiger partial charge in [0, 0.05) is 12.7 Å². The molecular weight excluding hydrogens is 402 g/mol. The topological polar surface area (TPSA) is 76.0 Å². The van der Waals surface area contributed by atoms with E-state index >= 15 is 0 Å². The second kappa shape index (κ2) is 6.69. The summed E-state index contributed by atoms with van der Waals surface area (Å²) in [5.74, 6) is -1.52. The Morgan fingerprint density at radius 3 is 2.73 bits per heavy atom. The zero-order chi connectivity index (χ0) is 16.3. The van der Waals surface area contributed by atoms with E-state index in [1.807, 2.05) is 22.6 Å². The number of aryl methyl sites for hydroxylation is 1. The molecule has 2 aromatic rings. The third-order valence-electron chi connectivity index (χ3n) is 2.78. The molecule has 6 nitrogen and oxygen atoms in total. The summed E-state index contributed by atoms with van der Waals surface area (Å²) in [5, 5.41) is 8.95. The van der Waals surface area contributed by atoms with E-state index in [2.05, 4.69) is 22.3 Å². The summed E-state index contributed by atoms with van der Waals surface area (Å²) >= 11 is 2.00. The van der Waals surface area contributed by atoms with Crippen LogP contribution in [0.4, 0.5) is 15.8 Å². The normalized spacial score (nSPS) is 10.1. The predicted molar refractivity (Wildman–Crippen MR) is 89.1 cm³/mol. The molecule has 0 fully saturated rings. The number of hydrogen-bond donors (Lipinski definition) is 2. The lowest BCUT2D eigenvalue weighted by atomic mass is 10.2. The standard InChI is InChI=1S/C14H12FIN4O2/c1-3-12(21)19-11-6-8(4-5-9(11)15)18-14(22)13-10(16)7-17-20(13)2/h3-7H,1H2,2H3,(H,18,22)(H,19,21). The first-order chi connectivity index (χ1) is 10.4. The molecule has 0 bridgehead atoms. The summed E-state index contributed by atoms with van der Waals surface area (Å²) in [7, 11) is 1.65. The Bertz CT molecular complexity index is 738. The molecule has 0 unspecified atom stereocenters. The van der Waals surface area contributed by atoms with E-state index in [4.69, 9.17) is 0 Å². The third kappa shape index (κ3) is 3.50. The lowest BCUT2D eigenvalue weighted by Crippen LogP contribution is -2.17. The number of aromatic nitrogens is 2. The number of amides is 2. The summed E-state index contributed by atoms with van der Waals surface area (Å²) in [6.07, 6.45) is 2.60. The van der Waals surface area contributed by atoms with Gasteiger partial charge in [0.25, 0.3) is 5.91 Å². The molecule has 0 aliphatic carbocycles. The van der Waals surface area contributed by atoms with E-state index in [1.165, 1.54) is 16.8 Å². The highest BCUT2D eigenvalue weighted by atomic mass is 127. The molecule has 0 spiro atoms. The van der Waals surface area contributed by atoms with Gasteiger partial charge in [-0.15, -0.1) is 0 Å². The highest BCUT2D eigenvalue weighted by Gasteiger charge is 2.16. The number of anilines is 2. The number of benzene rings is 1. The van der Waals surface area contributed by atoms with Crippen molar-refractivity contribution in [3.8, 4) is 0 Å². The van der Waals surface area contributed by atoms with Gasteiger partial charge >= 0.3 is 0 Å². The molecule has 2 rings (SSSR count). The molecule has 0 aliphatic heterocycles. The van der Waals surface area contributed by atoms with Gasteiger partial charge in [-0.3, -0.25) is 14.3 Å². The van der Waals surface area contributed by atoms with Gasteiger partial charge in [-0.1, -0.05) is 6.58 Å². The van der Waals surface area contributed by atoms with Crippen molar-refractivity contribution in [1.29, 1.82) is 0 Å². The maximum Gasteiger partial charge on any atom is 0.275 e. The second-order valence-electron chi connectivity index (χ2n) is 4.31. The molecule has 1 aromatic heterocycles. The monoisotopic (exact) mass is 414 g/mol. The maximum absolute atomic E-state index is 13.6. The van der Waals surface area contributed by atoms with Crippen molar-refractivity contribution in [2.24, 2.45) is 7.05 Å². The molecule has 2 N–H and O–H groups in total. The van der Waals surface area contributed by atoms with Crippen molar-refractivity contribution < 1.29 is 14.0 Å². The van der Waals surface area contributed by atoms with Crippen LogP contribution in [-0.2, 0) is 11.8 Å². The molecule has 8 heteroatoms. The highest BCUT2D eigenvalue weighted by Crippen LogP contribution is 2.21. The molecule has 0 saturated heterocycles. The van der Waals surface area contributed by atoms with Gasteiger partial charge in [0.15, 0.2) is 0 Å². The molecule has 0 aliphatic rings. The lowest BCUT2D eigenvalue weighted by Gasteiger charge is -2.09. The smallest absolute Gasteiger partial charge is 0.275 e. The van der Waals surface area contributed by atoms with Crippen molar-refractivity contribution in [3.63, 3.8) is 0 Å². The van der Waals surface area contributed by atoms with Crippen LogP contribution in [0.2, 0.25) is 0 Å². The zero-order valence-electron chi connectivity index (χ0n) is 11.6. The first kappa shape index (κ1) is 16.1. The molecule has 22 heavy (non-hydrogen) atoms. The van der Waals surface area contributed by atoms with Gasteiger partial charge in [0.2, 0.25) is 5.91 Å². The van der Waals surface area contributed by atoms with Crippen LogP contribution in [0, 0.1) is 9.39 Å². The fraction of sp³-hybridized carbons (Fsp3) is 0.0714. The number of carbonyl (C=O) groups excluding carboxylic acids is 2. The van der Waals surface area contributed by atoms with Crippen molar-refractivity contribution in [2.45, 2.75) is 0 Å². The van der Waals surface area contributed by atoms with Gasteiger partial charge in [-0.25, -0.2) is 4.39 Å². The Labute approximate surface area is 139 Å². The van der Waals surface area contributed by atoms with Crippen LogP contribution < -0.4 is 10.6 Å². The summed E-state index contributed by atoms with van der Waals surface area (Å²) < 4.78 is 15.8. The van der Waals surface area contributed by atoms with E-state index in [1.54, 1.807) is 13.2 Å². The molecule has 114 valence electrons. The van der Waals surface area contributed by atoms with Crippen LogP contribution in [-0.4, -0.2) is 21.6 Å². The van der Waals surface area contributed by atoms with Gasteiger partial charge < -0.3 is 10.6 Å². The molecule has 0 radical (unpaired) electrons. The van der Waals surface area contributed by atoms with E-state index < -0.39 is 11.7 Å². The molecular formula is C14H12FIN4O2. The van der Waals surface area contributed by atoms with Crippen molar-refractivity contribution in [1.82, 2.24) is 9.78 Å². The molecule has 0 saturated carbocycles. The summed E-state index contributed by atoms with van der Waals surface area (Å²) in [4.78, 5) is 23.5. The Morgan fingerprint density at radius 1 is 1.41 bits per heavy atom. The summed E-state index contributed by atoms with van der Waals surface area (Å²) in [5.41, 5.74) is 0.701. The average Bonchev–Trinajstić information content (AvgIpc) is 2.81. The number of hydrogen-bond acceptors (Lipinski definition) is 3. The van der Waals surface area contributed by atoms with Gasteiger partial charge in [-0.2, -0.15) is 5.10 Å². The van der Waals surface area contributed by atoms with Gasteiger partial charge in [0.1, 0.15) is 11.5 Å². The average molecular weight is 414 g/mol. The van der Waals surface area contributed by atoms with Crippen LogP contribution in [0.1, 0.15) is 10.5 Å². The maximum atomic E-state index is 13.6. The summed E-state index contributed by atoms with van der Waals surface area (Å²) in [6, 6.07) is 3.89. The fourth-order valence-electron chi connectivity index (χ4n) is 1.74. The number of nitrogens with one attached hydrogen (secondary N) is 2. The minimum Gasteiger partial charge on any atom is -0.321 e. The number of halogens is 2. The van der Waals surface area contributed by atoms with Crippen molar-refractivity contribution >= 4 is 45.8 Å². The first-order valence-corrected chi connectivity index (χ1v) is 7.22. The van der Waals surface area contributed by atoms with Crippen LogP contribution in [0.15, 0.2) is 37.1 Å². The molecule has 1 aromatic carbocycles. The molecule has 2 amide bonds. The van der Waals surface area contributed by atoms with Gasteiger partial charge in [0.05, 0.1) is 15.5 Å². The van der Waals surface area contributed by atoms with Crippen molar-refractivity contribution in [3.05, 3.63) is 52.1 Å². The highest BCUT2D eigenvalue weighted by molar-refractivity contribution is 14.1. The quantitative estimate of drug-likeness (QED) is 0.597. The van der Waals surface area contributed by atoms with Crippen LogP contribution in [0.25, 0.3) is 0 Å². The Hall–Kier alpha value is -2.23. The Morgan fingerprint density at radius 2 is 2.14 bits per heavy atom. The number of rotatable bonds is 4. The van der Waals surface area contributed by atoms with E-state index in [0.29, 0.717) is 15.0 Å². The largest absolute Gasteiger partial charge is 0.321 e. The van der Waals surface area contributed by atoms with Crippen LogP contribution in [0.5, 0.6) is 0 Å². The predicted octanol–water partition coefficient (Wildman–Crippen LogP) is 2.54. The zero-order valence-corrected chi connectivity index (χ0v) is 13.7. The molecule has 1 heterocycles. The SMILES string of the molecule is C=CC(=O)Nc1cc(NC(=O)c2c(I)cnn2C)ccc1F. The molecule has 0 atom stereocenters. The minimum atomic E-state index is -0.608. The number of nitrogens with zero attached hydrogens (tertiary/aromatic N) is 2. The third-order valence-corrected chi connectivity index (χ3v) is 3.57. The lowest BCUT2D eigenvalue weighted by molar-refractivity contribution is -0.111. The van der Waals surface area contributed by atoms with Crippen molar-refractivity contribution in [2.75, 3.05) is 10.6 Å².